The molecular formula is C17H26O3. The molecule has 1 rings (SSSR count). The number of rotatable bonds is 9. The van der Waals surface area contributed by atoms with E-state index < -0.39 is 0 Å². The lowest BCUT2D eigenvalue weighted by Crippen LogP contribution is -1.99. The Morgan fingerprint density at radius 3 is 2.40 bits per heavy atom. The second-order valence-electron chi connectivity index (χ2n) is 5.80. The Labute approximate surface area is 121 Å². The first kappa shape index (κ1) is 16.5. The van der Waals surface area contributed by atoms with Crippen LogP contribution in [0.3, 0.4) is 0 Å². The number of ketones is 1. The van der Waals surface area contributed by atoms with Crippen molar-refractivity contribution in [3.63, 3.8) is 0 Å². The van der Waals surface area contributed by atoms with Crippen molar-refractivity contribution in [1.82, 2.24) is 0 Å². The van der Waals surface area contributed by atoms with Crippen LogP contribution in [0.15, 0.2) is 18.2 Å². The fraction of sp³-hybridized carbons (Fsp3) is 0.588. The van der Waals surface area contributed by atoms with Crippen LogP contribution >= 0.6 is 0 Å². The van der Waals surface area contributed by atoms with Crippen molar-refractivity contribution < 1.29 is 15.0 Å². The van der Waals surface area contributed by atoms with Crippen molar-refractivity contribution in [2.75, 3.05) is 0 Å². The molecule has 112 valence electrons. The van der Waals surface area contributed by atoms with Crippen molar-refractivity contribution in [1.29, 1.82) is 0 Å². The van der Waals surface area contributed by atoms with Gasteiger partial charge in [0.25, 0.3) is 0 Å². The van der Waals surface area contributed by atoms with E-state index >= 15 is 0 Å². The average Bonchev–Trinajstić information content (AvgIpc) is 2.40. The van der Waals surface area contributed by atoms with Gasteiger partial charge in [-0.3, -0.25) is 4.79 Å². The summed E-state index contributed by atoms with van der Waals surface area (Å²) in [5.74, 6) is 0.143. The number of para-hydroxylation sites is 1. The summed E-state index contributed by atoms with van der Waals surface area (Å²) in [5, 5.41) is 19.0. The molecule has 20 heavy (non-hydrogen) atoms. The molecule has 0 aliphatic rings. The number of aromatic hydroxyl groups is 2. The number of Topliss-reactive ketones (excluding diaryl/α,β-unsaturated/α-hetero) is 1. The molecule has 0 aliphatic heterocycles. The number of hydrogen-bond acceptors (Lipinski definition) is 3. The molecule has 0 aliphatic carbocycles. The van der Waals surface area contributed by atoms with E-state index in [4.69, 9.17) is 0 Å². The third-order valence-electron chi connectivity index (χ3n) is 3.50. The molecule has 1 aromatic rings. The summed E-state index contributed by atoms with van der Waals surface area (Å²) in [7, 11) is 0. The lowest BCUT2D eigenvalue weighted by molar-refractivity contribution is 0.0976. The fourth-order valence-electron chi connectivity index (χ4n) is 2.26. The summed E-state index contributed by atoms with van der Waals surface area (Å²) < 4.78 is 0. The zero-order valence-corrected chi connectivity index (χ0v) is 12.6. The number of hydrogen-bond donors (Lipinski definition) is 2. The largest absolute Gasteiger partial charge is 0.504 e. The standard InChI is InChI=1S/C17H26O3/c1-13(2)9-6-4-3-5-7-11-15(18)14-10-8-12-16(19)17(14)20/h8,10,12-13,19-20H,3-7,9,11H2,1-2H3. The van der Waals surface area contributed by atoms with E-state index in [1.54, 1.807) is 12.1 Å². The lowest BCUT2D eigenvalue weighted by Gasteiger charge is -2.06. The van der Waals surface area contributed by atoms with Crippen LogP contribution in [0.25, 0.3) is 0 Å². The zero-order valence-electron chi connectivity index (χ0n) is 12.6. The molecule has 0 saturated heterocycles. The minimum Gasteiger partial charge on any atom is -0.504 e. The van der Waals surface area contributed by atoms with E-state index in [1.165, 1.54) is 25.3 Å². The van der Waals surface area contributed by atoms with Crippen LogP contribution in [0, 0.1) is 5.92 Å². The Balaban J connectivity index is 2.22. The highest BCUT2D eigenvalue weighted by atomic mass is 16.3. The summed E-state index contributed by atoms with van der Waals surface area (Å²) in [6.45, 7) is 4.47. The maximum absolute atomic E-state index is 11.9. The van der Waals surface area contributed by atoms with Crippen molar-refractivity contribution in [3.8, 4) is 11.5 Å². The number of carbonyl (C=O) groups is 1. The van der Waals surface area contributed by atoms with Gasteiger partial charge >= 0.3 is 0 Å². The van der Waals surface area contributed by atoms with Crippen LogP contribution in [-0.4, -0.2) is 16.0 Å². The second kappa shape index (κ2) is 8.62. The van der Waals surface area contributed by atoms with Crippen molar-refractivity contribution in [3.05, 3.63) is 23.8 Å². The molecule has 0 fully saturated rings. The van der Waals surface area contributed by atoms with E-state index in [-0.39, 0.29) is 22.8 Å². The van der Waals surface area contributed by atoms with E-state index in [1.807, 2.05) is 0 Å². The molecule has 2 N–H and O–H groups in total. The molecule has 0 unspecified atom stereocenters. The molecule has 0 atom stereocenters. The number of benzene rings is 1. The van der Waals surface area contributed by atoms with Crippen molar-refractivity contribution >= 4 is 5.78 Å². The first-order valence-corrected chi connectivity index (χ1v) is 7.56. The second-order valence-corrected chi connectivity index (χ2v) is 5.80. The van der Waals surface area contributed by atoms with Gasteiger partial charge in [-0.1, -0.05) is 52.0 Å². The van der Waals surface area contributed by atoms with Gasteiger partial charge in [-0.05, 0) is 24.5 Å². The normalized spacial score (nSPS) is 10.9. The van der Waals surface area contributed by atoms with Gasteiger partial charge in [0.1, 0.15) is 0 Å². The Hall–Kier alpha value is -1.51. The van der Waals surface area contributed by atoms with Crippen LogP contribution < -0.4 is 0 Å². The predicted octanol–water partition coefficient (Wildman–Crippen LogP) is 4.67. The number of unbranched alkanes of at least 4 members (excludes halogenated alkanes) is 4. The van der Waals surface area contributed by atoms with Crippen LogP contribution in [0.2, 0.25) is 0 Å². The molecule has 0 heterocycles. The Bertz CT molecular complexity index is 424. The molecule has 0 radical (unpaired) electrons. The molecule has 0 aromatic heterocycles. The van der Waals surface area contributed by atoms with Gasteiger partial charge < -0.3 is 10.2 Å². The first-order valence-electron chi connectivity index (χ1n) is 7.56. The minimum absolute atomic E-state index is 0.0967. The van der Waals surface area contributed by atoms with Gasteiger partial charge in [-0.2, -0.15) is 0 Å². The number of phenols is 2. The van der Waals surface area contributed by atoms with Crippen LogP contribution in [-0.2, 0) is 0 Å². The molecule has 0 bridgehead atoms. The molecular weight excluding hydrogens is 252 g/mol. The highest BCUT2D eigenvalue weighted by Gasteiger charge is 2.13. The van der Waals surface area contributed by atoms with E-state index in [9.17, 15) is 15.0 Å². The van der Waals surface area contributed by atoms with Crippen molar-refractivity contribution in [2.24, 2.45) is 5.92 Å². The third kappa shape index (κ3) is 5.64. The first-order chi connectivity index (χ1) is 9.52. The summed E-state index contributed by atoms with van der Waals surface area (Å²) in [5.41, 5.74) is 0.227. The van der Waals surface area contributed by atoms with Crippen LogP contribution in [0.4, 0.5) is 0 Å². The monoisotopic (exact) mass is 278 g/mol. The smallest absolute Gasteiger partial charge is 0.168 e. The van der Waals surface area contributed by atoms with Crippen molar-refractivity contribution in [2.45, 2.75) is 58.8 Å². The van der Waals surface area contributed by atoms with E-state index in [0.29, 0.717) is 6.42 Å². The van der Waals surface area contributed by atoms with Gasteiger partial charge in [-0.25, -0.2) is 0 Å². The summed E-state index contributed by atoms with van der Waals surface area (Å²) in [6, 6.07) is 4.51. The minimum atomic E-state index is -0.297. The Kier molecular flexibility index (Phi) is 7.13. The lowest BCUT2D eigenvalue weighted by atomic mass is 10.0. The average molecular weight is 278 g/mol. The maximum atomic E-state index is 11.9. The van der Waals surface area contributed by atoms with Gasteiger partial charge in [0, 0.05) is 6.42 Å². The van der Waals surface area contributed by atoms with Gasteiger partial charge in [0.05, 0.1) is 5.56 Å². The molecule has 0 amide bonds. The molecule has 0 saturated carbocycles. The predicted molar refractivity (Wildman–Crippen MR) is 81.3 cm³/mol. The van der Waals surface area contributed by atoms with Gasteiger partial charge in [-0.15, -0.1) is 0 Å². The summed E-state index contributed by atoms with van der Waals surface area (Å²) >= 11 is 0. The molecule has 1 aromatic carbocycles. The Morgan fingerprint density at radius 1 is 1.05 bits per heavy atom. The third-order valence-corrected chi connectivity index (χ3v) is 3.50. The summed E-state index contributed by atoms with van der Waals surface area (Å²) in [4.78, 5) is 11.9. The van der Waals surface area contributed by atoms with Crippen LogP contribution in [0.1, 0.15) is 69.2 Å². The molecule has 0 spiro atoms. The van der Waals surface area contributed by atoms with Gasteiger partial charge in [0.2, 0.25) is 0 Å². The fourth-order valence-corrected chi connectivity index (χ4v) is 2.26. The zero-order chi connectivity index (χ0) is 15.0. The maximum Gasteiger partial charge on any atom is 0.168 e. The molecule has 3 nitrogen and oxygen atoms in total. The van der Waals surface area contributed by atoms with Gasteiger partial charge in [0.15, 0.2) is 17.3 Å². The van der Waals surface area contributed by atoms with Crippen LogP contribution in [0.5, 0.6) is 11.5 Å². The van der Waals surface area contributed by atoms with E-state index in [2.05, 4.69) is 13.8 Å². The Morgan fingerprint density at radius 2 is 1.70 bits per heavy atom. The highest BCUT2D eigenvalue weighted by Crippen LogP contribution is 2.29. The summed E-state index contributed by atoms with van der Waals surface area (Å²) in [6.07, 6.45) is 7.24. The number of carbonyl (C=O) groups excluding carboxylic acids is 1. The van der Waals surface area contributed by atoms with E-state index in [0.717, 1.165) is 25.2 Å². The topological polar surface area (TPSA) is 57.5 Å². The quantitative estimate of drug-likeness (QED) is 0.392. The SMILES string of the molecule is CC(C)CCCCCCCC(=O)c1cccc(O)c1O. The number of phenolic OH excluding ortho intramolecular Hbond substituents is 2. The molecule has 3 heteroatoms. The highest BCUT2D eigenvalue weighted by molar-refractivity contribution is 5.99.